The standard InChI is InChI=1S/C47H28N4OS.C46H26N4O2S/c1-2-10-28(11-3-1)44-49-45(33-21-20-32-25-31-12-4-5-15-35(31)38(32)26-33)51-46(50-44)37-16-9-18-40-43(37)36-23-22-30(27-41(36)52-40)29-13-8-14-34(24-29)47-48-39-17-6-7-19-42(39)53-47;1-2-11-27(12-3-1)43-48-44(33-16-9-20-37-41(33)31-15-4-6-19-36(31)51-37)50-45(49-43)34-17-10-21-38-42(34)32-24-23-29(26-39(32)52-38)28-13-8-14-30(25-28)46-47-35-18-5-7-22-40(35)53-46/h1-24,26-27H,25H2;1-26H. The lowest BCUT2D eigenvalue weighted by atomic mass is 10.00. The Bertz CT molecular complexity index is 7030. The van der Waals surface area contributed by atoms with Crippen LogP contribution in [0.25, 0.3) is 209 Å². The number of aromatic nitrogens is 8. The molecule has 1 aliphatic rings. The molecule has 0 fully saturated rings. The predicted octanol–water partition coefficient (Wildman–Crippen LogP) is 24.9. The summed E-state index contributed by atoms with van der Waals surface area (Å²) in [7, 11) is 0. The highest BCUT2D eigenvalue weighted by molar-refractivity contribution is 7.22. The van der Waals surface area contributed by atoms with Crippen LogP contribution in [0.2, 0.25) is 0 Å². The van der Waals surface area contributed by atoms with Gasteiger partial charge in [-0.25, -0.2) is 39.9 Å². The SMILES string of the molecule is c1ccc(-c2nc(-c3ccc4c(c3)-c3ccccc3C4)nc(-c3cccc4oc5cc(-c6cccc(-c7nc8ccccc8s7)c6)ccc5c34)n2)cc1.c1ccc(-c2nc(-c3cccc4oc5ccccc5c34)nc(-c3cccc4oc5cc(-c6cccc(-c7nc8ccccc8s7)c6)ccc5c34)n2)cc1. The number of rotatable bonds is 10. The predicted molar refractivity (Wildman–Crippen MR) is 430 cm³/mol. The van der Waals surface area contributed by atoms with Crippen molar-refractivity contribution in [2.24, 2.45) is 0 Å². The van der Waals surface area contributed by atoms with Crippen LogP contribution in [0, 0.1) is 0 Å². The van der Waals surface area contributed by atoms with Gasteiger partial charge in [-0.15, -0.1) is 22.7 Å². The topological polar surface area (TPSA) is 143 Å². The molecule has 14 aromatic carbocycles. The average Bonchev–Trinajstić information content (AvgIpc) is 1.64. The zero-order valence-corrected chi connectivity index (χ0v) is 58.0. The Hall–Kier alpha value is -13.7. The van der Waals surface area contributed by atoms with Crippen LogP contribution in [0.1, 0.15) is 11.1 Å². The van der Waals surface area contributed by atoms with Crippen LogP contribution in [-0.4, -0.2) is 39.9 Å². The highest BCUT2D eigenvalue weighted by Crippen LogP contribution is 2.45. The van der Waals surface area contributed by atoms with E-state index in [0.717, 1.165) is 160 Å². The van der Waals surface area contributed by atoms with Gasteiger partial charge >= 0.3 is 0 Å². The molecule has 7 aromatic heterocycles. The van der Waals surface area contributed by atoms with Crippen LogP contribution in [0.3, 0.4) is 0 Å². The number of fused-ring (bicyclic) bond motifs is 14. The fraction of sp³-hybridized carbons (Fsp3) is 0.0108. The molecule has 0 amide bonds. The van der Waals surface area contributed by atoms with Crippen molar-refractivity contribution >= 4 is 109 Å². The Kier molecular flexibility index (Phi) is 14.4. The quantitative estimate of drug-likeness (QED) is 0.129. The molecular weight excluding hydrogens is 1340 g/mol. The smallest absolute Gasteiger partial charge is 0.164 e. The molecule has 0 unspecified atom stereocenters. The number of thiazole rings is 2. The highest BCUT2D eigenvalue weighted by Gasteiger charge is 2.25. The van der Waals surface area contributed by atoms with E-state index < -0.39 is 0 Å². The number of benzene rings is 14. The minimum atomic E-state index is 0.569. The summed E-state index contributed by atoms with van der Waals surface area (Å²) in [5.41, 5.74) is 24.0. The molecule has 0 bridgehead atoms. The Labute approximate surface area is 613 Å². The number of hydrogen-bond acceptors (Lipinski definition) is 13. The molecule has 7 heterocycles. The minimum Gasteiger partial charge on any atom is -0.456 e. The lowest BCUT2D eigenvalue weighted by Gasteiger charge is -2.10. The lowest BCUT2D eigenvalue weighted by Crippen LogP contribution is -2.00. The molecular formula is C93H54N8O3S2. The summed E-state index contributed by atoms with van der Waals surface area (Å²) in [6, 6.07) is 108. The maximum Gasteiger partial charge on any atom is 0.164 e. The van der Waals surface area contributed by atoms with E-state index in [2.05, 4.69) is 188 Å². The van der Waals surface area contributed by atoms with E-state index in [0.29, 0.717) is 34.9 Å². The fourth-order valence-corrected chi connectivity index (χ4v) is 16.9. The molecule has 0 spiro atoms. The third-order valence-electron chi connectivity index (χ3n) is 20.0. The van der Waals surface area contributed by atoms with Gasteiger partial charge in [0.1, 0.15) is 43.5 Å². The summed E-state index contributed by atoms with van der Waals surface area (Å²) in [4.78, 5) is 40.4. The molecule has 0 aliphatic heterocycles. The van der Waals surface area contributed by atoms with E-state index in [1.165, 1.54) is 31.7 Å². The van der Waals surface area contributed by atoms with Gasteiger partial charge in [0, 0.05) is 76.8 Å². The van der Waals surface area contributed by atoms with Gasteiger partial charge in [0.15, 0.2) is 34.9 Å². The second kappa shape index (κ2) is 25.1. The normalized spacial score (nSPS) is 11.9. The molecule has 0 saturated heterocycles. The van der Waals surface area contributed by atoms with Crippen molar-refractivity contribution in [3.63, 3.8) is 0 Å². The van der Waals surface area contributed by atoms with Crippen molar-refractivity contribution in [2.75, 3.05) is 0 Å². The first kappa shape index (κ1) is 61.0. The first-order chi connectivity index (χ1) is 52.4. The molecule has 1 aliphatic carbocycles. The summed E-state index contributed by atoms with van der Waals surface area (Å²) in [5, 5.41) is 7.96. The van der Waals surface area contributed by atoms with E-state index in [9.17, 15) is 0 Å². The van der Waals surface area contributed by atoms with Crippen molar-refractivity contribution in [3.05, 3.63) is 327 Å². The van der Waals surface area contributed by atoms with Crippen molar-refractivity contribution in [2.45, 2.75) is 6.42 Å². The molecule has 11 nitrogen and oxygen atoms in total. The maximum absolute atomic E-state index is 6.56. The van der Waals surface area contributed by atoms with Gasteiger partial charge in [0.05, 0.1) is 20.4 Å². The Balaban J connectivity index is 0.000000136. The zero-order valence-electron chi connectivity index (χ0n) is 56.3. The Morgan fingerprint density at radius 2 is 0.585 bits per heavy atom. The first-order valence-electron chi connectivity index (χ1n) is 35.0. The third-order valence-corrected chi connectivity index (χ3v) is 22.2. The Morgan fingerprint density at radius 3 is 1.12 bits per heavy atom. The van der Waals surface area contributed by atoms with E-state index >= 15 is 0 Å². The summed E-state index contributed by atoms with van der Waals surface area (Å²) in [6.45, 7) is 0. The van der Waals surface area contributed by atoms with Gasteiger partial charge in [-0.1, -0.05) is 224 Å². The molecule has 0 saturated carbocycles. The Morgan fingerprint density at radius 1 is 0.217 bits per heavy atom. The van der Waals surface area contributed by atoms with Crippen LogP contribution in [0.4, 0.5) is 0 Å². The largest absolute Gasteiger partial charge is 0.456 e. The van der Waals surface area contributed by atoms with Gasteiger partial charge < -0.3 is 13.3 Å². The van der Waals surface area contributed by atoms with Gasteiger partial charge in [0.25, 0.3) is 0 Å². The molecule has 106 heavy (non-hydrogen) atoms. The molecule has 0 atom stereocenters. The number of furan rings is 3. The van der Waals surface area contributed by atoms with Crippen molar-refractivity contribution in [1.29, 1.82) is 0 Å². The zero-order chi connectivity index (χ0) is 69.8. The van der Waals surface area contributed by atoms with Crippen LogP contribution < -0.4 is 0 Å². The summed E-state index contributed by atoms with van der Waals surface area (Å²) >= 11 is 3.42. The molecule has 22 rings (SSSR count). The molecule has 0 radical (unpaired) electrons. The van der Waals surface area contributed by atoms with Crippen LogP contribution in [0.15, 0.2) is 329 Å². The third kappa shape index (κ3) is 10.7. The summed E-state index contributed by atoms with van der Waals surface area (Å²) < 4.78 is 21.7. The summed E-state index contributed by atoms with van der Waals surface area (Å²) in [5.74, 6) is 3.62. The first-order valence-corrected chi connectivity index (χ1v) is 36.7. The second-order valence-electron chi connectivity index (χ2n) is 26.4. The van der Waals surface area contributed by atoms with Gasteiger partial charge in [-0.05, 0) is 142 Å². The fourth-order valence-electron chi connectivity index (χ4n) is 14.9. The number of hydrogen-bond donors (Lipinski definition) is 0. The molecule has 496 valence electrons. The van der Waals surface area contributed by atoms with Crippen LogP contribution >= 0.6 is 22.7 Å². The molecule has 21 aromatic rings. The monoisotopic (exact) mass is 1390 g/mol. The van der Waals surface area contributed by atoms with E-state index in [4.69, 9.17) is 53.1 Å². The van der Waals surface area contributed by atoms with E-state index in [1.54, 1.807) is 22.7 Å². The van der Waals surface area contributed by atoms with Gasteiger partial charge in [-0.3, -0.25) is 0 Å². The number of para-hydroxylation sites is 3. The van der Waals surface area contributed by atoms with Crippen LogP contribution in [-0.2, 0) is 6.42 Å². The lowest BCUT2D eigenvalue weighted by molar-refractivity contribution is 0.668. The van der Waals surface area contributed by atoms with Crippen LogP contribution in [0.5, 0.6) is 0 Å². The second-order valence-corrected chi connectivity index (χ2v) is 28.5. The van der Waals surface area contributed by atoms with Crippen molar-refractivity contribution in [3.8, 4) is 123 Å². The van der Waals surface area contributed by atoms with E-state index in [1.807, 2.05) is 127 Å². The maximum atomic E-state index is 6.56. The average molecular weight is 1400 g/mol. The molecule has 13 heteroatoms. The van der Waals surface area contributed by atoms with Crippen molar-refractivity contribution in [1.82, 2.24) is 39.9 Å². The van der Waals surface area contributed by atoms with Gasteiger partial charge in [-0.2, -0.15) is 0 Å². The molecule has 0 N–H and O–H groups in total. The number of nitrogens with zero attached hydrogens (tertiary/aromatic N) is 8. The highest BCUT2D eigenvalue weighted by atomic mass is 32.1. The summed E-state index contributed by atoms with van der Waals surface area (Å²) in [6.07, 6.45) is 0.940. The van der Waals surface area contributed by atoms with Gasteiger partial charge in [0.2, 0.25) is 0 Å². The minimum absolute atomic E-state index is 0.569. The van der Waals surface area contributed by atoms with E-state index in [-0.39, 0.29) is 0 Å². The van der Waals surface area contributed by atoms with Crippen molar-refractivity contribution < 1.29 is 13.3 Å².